The molecule has 0 aromatic heterocycles. The standard InChI is InChI=1S/C26H29NO5/c1-4-31-22-9-7-6-8-18(22)19-15-25(29)27-20-12-17(13-21(28)26(19)20)16-10-11-23(32-5-2)24(14-16)30-3/h6-11,14,17,19H,4-5,12-13,15H2,1-3H3,(H,27,29). The van der Waals surface area contributed by atoms with Gasteiger partial charge in [-0.1, -0.05) is 24.3 Å². The molecule has 1 N–H and O–H groups in total. The highest BCUT2D eigenvalue weighted by Gasteiger charge is 2.39. The second kappa shape index (κ2) is 9.47. The minimum Gasteiger partial charge on any atom is -0.494 e. The van der Waals surface area contributed by atoms with Crippen LogP contribution in [0.5, 0.6) is 17.2 Å². The first-order valence-electron chi connectivity index (χ1n) is 11.1. The molecule has 2 aliphatic rings. The zero-order valence-corrected chi connectivity index (χ0v) is 18.8. The molecule has 0 spiro atoms. The summed E-state index contributed by atoms with van der Waals surface area (Å²) < 4.78 is 16.9. The van der Waals surface area contributed by atoms with Crippen molar-refractivity contribution in [2.45, 2.75) is 44.9 Å². The average Bonchev–Trinajstić information content (AvgIpc) is 2.79. The van der Waals surface area contributed by atoms with Crippen molar-refractivity contribution in [3.05, 3.63) is 64.9 Å². The van der Waals surface area contributed by atoms with Gasteiger partial charge in [0.05, 0.1) is 20.3 Å². The fourth-order valence-electron chi connectivity index (χ4n) is 4.73. The predicted molar refractivity (Wildman–Crippen MR) is 121 cm³/mol. The molecule has 1 aliphatic heterocycles. The van der Waals surface area contributed by atoms with Gasteiger partial charge >= 0.3 is 0 Å². The molecule has 0 radical (unpaired) electrons. The highest BCUT2D eigenvalue weighted by atomic mass is 16.5. The lowest BCUT2D eigenvalue weighted by molar-refractivity contribution is -0.122. The third-order valence-electron chi connectivity index (χ3n) is 6.09. The molecule has 6 heteroatoms. The maximum absolute atomic E-state index is 13.4. The number of amides is 1. The van der Waals surface area contributed by atoms with E-state index in [9.17, 15) is 9.59 Å². The zero-order valence-electron chi connectivity index (χ0n) is 18.8. The number of ether oxygens (including phenoxy) is 3. The van der Waals surface area contributed by atoms with Crippen LogP contribution < -0.4 is 19.5 Å². The van der Waals surface area contributed by atoms with Gasteiger partial charge in [0.15, 0.2) is 17.3 Å². The molecule has 1 heterocycles. The van der Waals surface area contributed by atoms with Crippen LogP contribution in [0.25, 0.3) is 0 Å². The molecule has 0 saturated carbocycles. The first kappa shape index (κ1) is 21.9. The molecule has 6 nitrogen and oxygen atoms in total. The number of carbonyl (C=O) groups excluding carboxylic acids is 2. The quantitative estimate of drug-likeness (QED) is 0.693. The summed E-state index contributed by atoms with van der Waals surface area (Å²) in [6, 6.07) is 13.5. The van der Waals surface area contributed by atoms with Crippen LogP contribution in [0.2, 0.25) is 0 Å². The lowest BCUT2D eigenvalue weighted by atomic mass is 9.73. The number of methoxy groups -OCH3 is 1. The van der Waals surface area contributed by atoms with Gasteiger partial charge in [0.1, 0.15) is 5.75 Å². The van der Waals surface area contributed by atoms with E-state index in [0.29, 0.717) is 43.1 Å². The Balaban J connectivity index is 1.69. The molecule has 4 rings (SSSR count). The summed E-state index contributed by atoms with van der Waals surface area (Å²) in [5.74, 6) is 1.73. The Hall–Kier alpha value is -3.28. The summed E-state index contributed by atoms with van der Waals surface area (Å²) in [5, 5.41) is 2.98. The van der Waals surface area contributed by atoms with Crippen LogP contribution in [0.15, 0.2) is 53.7 Å². The highest BCUT2D eigenvalue weighted by molar-refractivity contribution is 6.02. The Kier molecular flexibility index (Phi) is 6.49. The van der Waals surface area contributed by atoms with Crippen LogP contribution >= 0.6 is 0 Å². The number of Topliss-reactive ketones (excluding diaryl/α,β-unsaturated/α-hetero) is 1. The van der Waals surface area contributed by atoms with Crippen LogP contribution in [0.4, 0.5) is 0 Å². The topological polar surface area (TPSA) is 73.9 Å². The second-order valence-electron chi connectivity index (χ2n) is 8.04. The molecule has 2 atom stereocenters. The summed E-state index contributed by atoms with van der Waals surface area (Å²) in [6.07, 6.45) is 1.23. The summed E-state index contributed by atoms with van der Waals surface area (Å²) in [5.41, 5.74) is 3.33. The van der Waals surface area contributed by atoms with E-state index in [-0.39, 0.29) is 29.9 Å². The monoisotopic (exact) mass is 435 g/mol. The number of allylic oxidation sites excluding steroid dienone is 2. The molecule has 0 saturated heterocycles. The van der Waals surface area contributed by atoms with Crippen molar-refractivity contribution in [1.82, 2.24) is 5.32 Å². The van der Waals surface area contributed by atoms with Gasteiger partial charge in [0.2, 0.25) is 5.91 Å². The molecular weight excluding hydrogens is 406 g/mol. The molecule has 0 bridgehead atoms. The van der Waals surface area contributed by atoms with Crippen LogP contribution in [-0.4, -0.2) is 32.0 Å². The van der Waals surface area contributed by atoms with Crippen molar-refractivity contribution < 1.29 is 23.8 Å². The van der Waals surface area contributed by atoms with E-state index in [1.54, 1.807) is 7.11 Å². The van der Waals surface area contributed by atoms with Gasteiger partial charge in [0.25, 0.3) is 0 Å². The number of rotatable bonds is 7. The molecule has 0 fully saturated rings. The average molecular weight is 436 g/mol. The van der Waals surface area contributed by atoms with Gasteiger partial charge in [-0.3, -0.25) is 9.59 Å². The fourth-order valence-corrected chi connectivity index (χ4v) is 4.73. The lowest BCUT2D eigenvalue weighted by Crippen LogP contribution is -2.38. The fraction of sp³-hybridized carbons (Fsp3) is 0.385. The molecule has 1 aliphatic carbocycles. The SMILES string of the molecule is CCOc1ccc(C2CC(=O)C3=C(C2)NC(=O)CC3c2ccccc2OCC)cc1OC. The summed E-state index contributed by atoms with van der Waals surface area (Å²) >= 11 is 0. The van der Waals surface area contributed by atoms with E-state index in [1.165, 1.54) is 0 Å². The number of para-hydroxylation sites is 1. The van der Waals surface area contributed by atoms with Gasteiger partial charge in [0, 0.05) is 35.6 Å². The summed E-state index contributed by atoms with van der Waals surface area (Å²) in [7, 11) is 1.61. The number of hydrogen-bond acceptors (Lipinski definition) is 5. The first-order chi connectivity index (χ1) is 15.5. The number of hydrogen-bond donors (Lipinski definition) is 1. The Morgan fingerprint density at radius 3 is 2.41 bits per heavy atom. The molecule has 168 valence electrons. The molecule has 2 unspecified atom stereocenters. The summed E-state index contributed by atoms with van der Waals surface area (Å²) in [6.45, 7) is 4.92. The zero-order chi connectivity index (χ0) is 22.7. The molecule has 32 heavy (non-hydrogen) atoms. The van der Waals surface area contributed by atoms with Crippen LogP contribution in [-0.2, 0) is 9.59 Å². The second-order valence-corrected chi connectivity index (χ2v) is 8.04. The van der Waals surface area contributed by atoms with Crippen molar-refractivity contribution in [3.8, 4) is 17.2 Å². The van der Waals surface area contributed by atoms with Crippen LogP contribution in [0, 0.1) is 0 Å². The molecule has 1 amide bonds. The minimum absolute atomic E-state index is 0.0352. The van der Waals surface area contributed by atoms with E-state index in [1.807, 2.05) is 56.3 Å². The van der Waals surface area contributed by atoms with E-state index in [4.69, 9.17) is 14.2 Å². The smallest absolute Gasteiger partial charge is 0.225 e. The Labute approximate surface area is 188 Å². The number of nitrogens with one attached hydrogen (secondary N) is 1. The third-order valence-corrected chi connectivity index (χ3v) is 6.09. The van der Waals surface area contributed by atoms with Gasteiger partial charge in [-0.15, -0.1) is 0 Å². The van der Waals surface area contributed by atoms with E-state index in [0.717, 1.165) is 22.6 Å². The normalized spacial score (nSPS) is 20.5. The van der Waals surface area contributed by atoms with Gasteiger partial charge in [-0.2, -0.15) is 0 Å². The highest BCUT2D eigenvalue weighted by Crippen LogP contribution is 2.45. The maximum Gasteiger partial charge on any atom is 0.225 e. The number of benzene rings is 2. The van der Waals surface area contributed by atoms with Crippen molar-refractivity contribution in [2.24, 2.45) is 0 Å². The maximum atomic E-state index is 13.4. The van der Waals surface area contributed by atoms with Crippen LogP contribution in [0.3, 0.4) is 0 Å². The summed E-state index contributed by atoms with van der Waals surface area (Å²) in [4.78, 5) is 26.0. The Bertz CT molecular complexity index is 1060. The van der Waals surface area contributed by atoms with E-state index in [2.05, 4.69) is 5.32 Å². The Morgan fingerprint density at radius 2 is 1.66 bits per heavy atom. The third kappa shape index (κ3) is 4.22. The van der Waals surface area contributed by atoms with Crippen molar-refractivity contribution in [1.29, 1.82) is 0 Å². The van der Waals surface area contributed by atoms with Gasteiger partial charge in [-0.05, 0) is 49.9 Å². The van der Waals surface area contributed by atoms with Crippen molar-refractivity contribution in [2.75, 3.05) is 20.3 Å². The Morgan fingerprint density at radius 1 is 0.906 bits per heavy atom. The number of carbonyl (C=O) groups is 2. The molecular formula is C26H29NO5. The minimum atomic E-state index is -0.287. The largest absolute Gasteiger partial charge is 0.494 e. The van der Waals surface area contributed by atoms with Crippen molar-refractivity contribution in [3.63, 3.8) is 0 Å². The van der Waals surface area contributed by atoms with Crippen molar-refractivity contribution >= 4 is 11.7 Å². The molecule has 2 aromatic carbocycles. The van der Waals surface area contributed by atoms with E-state index >= 15 is 0 Å². The van der Waals surface area contributed by atoms with Crippen LogP contribution in [0.1, 0.15) is 56.1 Å². The lowest BCUT2D eigenvalue weighted by Gasteiger charge is -2.35. The molecule has 2 aromatic rings. The predicted octanol–water partition coefficient (Wildman–Crippen LogP) is 4.50. The van der Waals surface area contributed by atoms with E-state index < -0.39 is 0 Å². The van der Waals surface area contributed by atoms with Gasteiger partial charge in [-0.25, -0.2) is 0 Å². The first-order valence-corrected chi connectivity index (χ1v) is 11.1. The number of ketones is 1. The van der Waals surface area contributed by atoms with Gasteiger partial charge < -0.3 is 19.5 Å².